The Labute approximate surface area is 108 Å². The Bertz CT molecular complexity index is 477. The third-order valence-corrected chi connectivity index (χ3v) is 4.03. The number of hydrogen-bond donors (Lipinski definition) is 1. The Kier molecular flexibility index (Phi) is 3.02. The fraction of sp³-hybridized carbons (Fsp3) is 0.615. The first-order valence-corrected chi connectivity index (χ1v) is 6.31. The Morgan fingerprint density at radius 3 is 2.74 bits per heavy atom. The summed E-state index contributed by atoms with van der Waals surface area (Å²) in [6, 6.07) is 0.909. The highest BCUT2D eigenvalue weighted by atomic mass is 19.4. The van der Waals surface area contributed by atoms with Crippen LogP contribution in [-0.4, -0.2) is 22.3 Å². The first kappa shape index (κ1) is 12.9. The normalized spacial score (nSPS) is 31.7. The van der Waals surface area contributed by atoms with Crippen LogP contribution in [0.3, 0.4) is 0 Å². The zero-order chi connectivity index (χ0) is 13.6. The van der Waals surface area contributed by atoms with Crippen molar-refractivity contribution in [3.05, 3.63) is 29.6 Å². The van der Waals surface area contributed by atoms with Gasteiger partial charge in [0, 0.05) is 23.9 Å². The van der Waals surface area contributed by atoms with Gasteiger partial charge in [-0.05, 0) is 25.3 Å². The van der Waals surface area contributed by atoms with Crippen LogP contribution in [0.5, 0.6) is 0 Å². The van der Waals surface area contributed by atoms with Gasteiger partial charge in [-0.25, -0.2) is 0 Å². The molecule has 3 rings (SSSR count). The van der Waals surface area contributed by atoms with Crippen LogP contribution in [-0.2, 0) is 10.9 Å². The van der Waals surface area contributed by atoms with Crippen LogP contribution in [0.4, 0.5) is 13.2 Å². The van der Waals surface area contributed by atoms with Crippen LogP contribution >= 0.6 is 0 Å². The molecule has 1 aromatic rings. The van der Waals surface area contributed by atoms with Crippen molar-refractivity contribution in [2.24, 2.45) is 5.92 Å². The third kappa shape index (κ3) is 2.23. The summed E-state index contributed by atoms with van der Waals surface area (Å²) in [7, 11) is 0. The maximum atomic E-state index is 12.9. The lowest BCUT2D eigenvalue weighted by atomic mass is 9.82. The zero-order valence-corrected chi connectivity index (χ0v) is 10.1. The molecule has 19 heavy (non-hydrogen) atoms. The van der Waals surface area contributed by atoms with E-state index in [4.69, 9.17) is 4.74 Å². The van der Waals surface area contributed by atoms with Crippen LogP contribution in [0.1, 0.15) is 36.5 Å². The molecule has 2 aliphatic rings. The number of rotatable bonds is 2. The summed E-state index contributed by atoms with van der Waals surface area (Å²) in [5.74, 6) is -0.260. The van der Waals surface area contributed by atoms with Crippen molar-refractivity contribution in [1.29, 1.82) is 0 Å². The molecule has 3 nitrogen and oxygen atoms in total. The molecule has 2 fully saturated rings. The molecule has 0 radical (unpaired) electrons. The van der Waals surface area contributed by atoms with E-state index in [9.17, 15) is 18.3 Å². The van der Waals surface area contributed by atoms with E-state index in [1.807, 2.05) is 0 Å². The Hall–Kier alpha value is -1.14. The molecule has 1 aromatic heterocycles. The molecule has 3 heterocycles. The van der Waals surface area contributed by atoms with Crippen molar-refractivity contribution >= 4 is 0 Å². The van der Waals surface area contributed by atoms with Crippen molar-refractivity contribution in [3.63, 3.8) is 0 Å². The molecule has 4 atom stereocenters. The lowest BCUT2D eigenvalue weighted by Crippen LogP contribution is -2.25. The maximum absolute atomic E-state index is 12.9. The van der Waals surface area contributed by atoms with E-state index in [-0.39, 0.29) is 23.7 Å². The molecule has 2 bridgehead atoms. The van der Waals surface area contributed by atoms with Gasteiger partial charge in [-0.3, -0.25) is 4.98 Å². The third-order valence-electron chi connectivity index (χ3n) is 4.03. The van der Waals surface area contributed by atoms with Gasteiger partial charge in [0.1, 0.15) is 0 Å². The van der Waals surface area contributed by atoms with Crippen molar-refractivity contribution in [3.8, 4) is 0 Å². The lowest BCUT2D eigenvalue weighted by Gasteiger charge is -2.26. The number of ether oxygens (including phenoxy) is 1. The number of aliphatic hydroxyl groups excluding tert-OH is 1. The molecule has 0 saturated carbocycles. The molecule has 4 unspecified atom stereocenters. The highest BCUT2D eigenvalue weighted by Crippen LogP contribution is 2.46. The van der Waals surface area contributed by atoms with Crippen molar-refractivity contribution in [1.82, 2.24) is 4.98 Å². The molecule has 6 heteroatoms. The number of halogens is 3. The average Bonchev–Trinajstić information content (AvgIpc) is 2.99. The predicted octanol–water partition coefficient (Wildman–Crippen LogP) is 2.70. The van der Waals surface area contributed by atoms with Gasteiger partial charge in [-0.2, -0.15) is 13.2 Å². The minimum Gasteiger partial charge on any atom is -0.388 e. The summed E-state index contributed by atoms with van der Waals surface area (Å²) in [4.78, 5) is 3.71. The molecular weight excluding hydrogens is 259 g/mol. The molecule has 0 aromatic carbocycles. The summed E-state index contributed by atoms with van der Waals surface area (Å²) in [5.41, 5.74) is -0.950. The van der Waals surface area contributed by atoms with Gasteiger partial charge < -0.3 is 9.84 Å². The van der Waals surface area contributed by atoms with Gasteiger partial charge in [0.2, 0.25) is 0 Å². The molecule has 104 valence electrons. The average molecular weight is 273 g/mol. The molecule has 0 amide bonds. The Balaban J connectivity index is 1.90. The monoisotopic (exact) mass is 273 g/mol. The number of alkyl halides is 3. The zero-order valence-electron chi connectivity index (χ0n) is 10.1. The second kappa shape index (κ2) is 4.45. The Morgan fingerprint density at radius 2 is 2.16 bits per heavy atom. The largest absolute Gasteiger partial charge is 0.416 e. The van der Waals surface area contributed by atoms with Crippen LogP contribution in [0.2, 0.25) is 0 Å². The predicted molar refractivity (Wildman–Crippen MR) is 60.2 cm³/mol. The van der Waals surface area contributed by atoms with Crippen molar-refractivity contribution in [2.75, 3.05) is 0 Å². The second-order valence-corrected chi connectivity index (χ2v) is 5.18. The Morgan fingerprint density at radius 1 is 1.37 bits per heavy atom. The summed E-state index contributed by atoms with van der Waals surface area (Å²) >= 11 is 0. The van der Waals surface area contributed by atoms with Gasteiger partial charge in [0.05, 0.1) is 23.9 Å². The van der Waals surface area contributed by atoms with E-state index in [1.54, 1.807) is 0 Å². The van der Waals surface area contributed by atoms with Gasteiger partial charge in [0.25, 0.3) is 0 Å². The molecule has 0 aliphatic carbocycles. The highest BCUT2D eigenvalue weighted by Gasteiger charge is 2.46. The van der Waals surface area contributed by atoms with Crippen molar-refractivity contribution < 1.29 is 23.0 Å². The summed E-state index contributed by atoms with van der Waals surface area (Å²) in [5, 5.41) is 10.3. The minimum atomic E-state index is -4.47. The molecule has 2 saturated heterocycles. The summed E-state index contributed by atoms with van der Waals surface area (Å²) in [6.45, 7) is 0. The van der Waals surface area contributed by atoms with Crippen LogP contribution < -0.4 is 0 Å². The number of aliphatic hydroxyl groups is 1. The van der Waals surface area contributed by atoms with Gasteiger partial charge in [0.15, 0.2) is 0 Å². The van der Waals surface area contributed by atoms with Crippen LogP contribution in [0, 0.1) is 5.92 Å². The lowest BCUT2D eigenvalue weighted by molar-refractivity contribution is -0.139. The van der Waals surface area contributed by atoms with Gasteiger partial charge in [-0.1, -0.05) is 0 Å². The molecule has 1 N–H and O–H groups in total. The van der Waals surface area contributed by atoms with Crippen molar-refractivity contribution in [2.45, 2.75) is 43.8 Å². The molecular formula is C13H14F3NO2. The number of nitrogens with zero attached hydrogens (tertiary/aromatic N) is 1. The first-order chi connectivity index (χ1) is 8.97. The van der Waals surface area contributed by atoms with E-state index in [1.165, 1.54) is 0 Å². The quantitative estimate of drug-likeness (QED) is 0.900. The number of hydrogen-bond acceptors (Lipinski definition) is 3. The number of aromatic nitrogens is 1. The van der Waals surface area contributed by atoms with Crippen LogP contribution in [0.15, 0.2) is 18.5 Å². The SMILES string of the molecule is OC(c1cnccc1C(F)(F)F)C1CC2CCC1O2. The summed E-state index contributed by atoms with van der Waals surface area (Å²) in [6.07, 6.45) is -1.09. The second-order valence-electron chi connectivity index (χ2n) is 5.18. The van der Waals surface area contributed by atoms with E-state index >= 15 is 0 Å². The number of fused-ring (bicyclic) bond motifs is 2. The van der Waals surface area contributed by atoms with Crippen LogP contribution in [0.25, 0.3) is 0 Å². The minimum absolute atomic E-state index is 0.0932. The number of pyridine rings is 1. The van der Waals surface area contributed by atoms with E-state index < -0.39 is 17.8 Å². The van der Waals surface area contributed by atoms with E-state index in [2.05, 4.69) is 4.98 Å². The van der Waals surface area contributed by atoms with Gasteiger partial charge in [-0.15, -0.1) is 0 Å². The van der Waals surface area contributed by atoms with Gasteiger partial charge >= 0.3 is 6.18 Å². The summed E-state index contributed by atoms with van der Waals surface area (Å²) < 4.78 is 44.3. The first-order valence-electron chi connectivity index (χ1n) is 6.31. The smallest absolute Gasteiger partial charge is 0.388 e. The fourth-order valence-electron chi connectivity index (χ4n) is 3.14. The molecule has 0 spiro atoms. The van der Waals surface area contributed by atoms with E-state index in [0.717, 1.165) is 31.3 Å². The topological polar surface area (TPSA) is 42.4 Å². The maximum Gasteiger partial charge on any atom is 0.416 e. The standard InChI is InChI=1S/C13H14F3NO2/c14-13(15,16)10-3-4-17-6-9(10)12(18)8-5-7-1-2-11(8)19-7/h3-4,6-8,11-12,18H,1-2,5H2. The fourth-order valence-corrected chi connectivity index (χ4v) is 3.14. The highest BCUT2D eigenvalue weighted by molar-refractivity contribution is 5.29. The van der Waals surface area contributed by atoms with E-state index in [0.29, 0.717) is 6.42 Å². The molecule has 2 aliphatic heterocycles.